The van der Waals surface area contributed by atoms with Gasteiger partial charge in [0.2, 0.25) is 5.91 Å². The molecule has 1 atom stereocenters. The molecule has 2 aliphatic rings. The SMILES string of the molecule is O=C(/C=C\c1ccccc1[N+](=O)[O-])N1CCC[C@@H](N2CCCC2)C1. The summed E-state index contributed by atoms with van der Waals surface area (Å²) >= 11 is 0. The molecule has 6 heteroatoms. The van der Waals surface area contributed by atoms with Crippen molar-refractivity contribution < 1.29 is 9.72 Å². The van der Waals surface area contributed by atoms with Gasteiger partial charge in [0.15, 0.2) is 0 Å². The van der Waals surface area contributed by atoms with Gasteiger partial charge < -0.3 is 4.90 Å². The maximum Gasteiger partial charge on any atom is 0.276 e. The predicted octanol–water partition coefficient (Wildman–Crippen LogP) is 2.69. The molecule has 24 heavy (non-hydrogen) atoms. The molecule has 2 heterocycles. The largest absolute Gasteiger partial charge is 0.338 e. The van der Waals surface area contributed by atoms with Gasteiger partial charge in [-0.3, -0.25) is 19.8 Å². The van der Waals surface area contributed by atoms with Gasteiger partial charge in [0.25, 0.3) is 5.69 Å². The van der Waals surface area contributed by atoms with E-state index in [0.29, 0.717) is 11.6 Å². The van der Waals surface area contributed by atoms with Crippen LogP contribution in [0.2, 0.25) is 0 Å². The van der Waals surface area contributed by atoms with Crippen LogP contribution in [0.3, 0.4) is 0 Å². The summed E-state index contributed by atoms with van der Waals surface area (Å²) in [6, 6.07) is 6.94. The van der Waals surface area contributed by atoms with Crippen molar-refractivity contribution in [2.75, 3.05) is 26.2 Å². The van der Waals surface area contributed by atoms with Crippen molar-refractivity contribution in [3.8, 4) is 0 Å². The molecule has 0 aromatic heterocycles. The lowest BCUT2D eigenvalue weighted by Crippen LogP contribution is -2.48. The molecule has 6 nitrogen and oxygen atoms in total. The highest BCUT2D eigenvalue weighted by molar-refractivity contribution is 5.92. The highest BCUT2D eigenvalue weighted by Gasteiger charge is 2.28. The van der Waals surface area contributed by atoms with Crippen LogP contribution in [0.25, 0.3) is 6.08 Å². The zero-order valence-corrected chi connectivity index (χ0v) is 13.8. The zero-order chi connectivity index (χ0) is 16.9. The molecule has 0 N–H and O–H groups in total. The Bertz CT molecular complexity index is 638. The first-order valence-corrected chi connectivity index (χ1v) is 8.59. The molecule has 128 valence electrons. The summed E-state index contributed by atoms with van der Waals surface area (Å²) in [5, 5.41) is 11.0. The van der Waals surface area contributed by atoms with Crippen LogP contribution in [0.4, 0.5) is 5.69 Å². The first-order chi connectivity index (χ1) is 11.6. The monoisotopic (exact) mass is 329 g/mol. The summed E-state index contributed by atoms with van der Waals surface area (Å²) in [4.78, 5) is 27.4. The fourth-order valence-electron chi connectivity index (χ4n) is 3.62. The Morgan fingerprint density at radius 1 is 1.17 bits per heavy atom. The quantitative estimate of drug-likeness (QED) is 0.484. The van der Waals surface area contributed by atoms with Crippen molar-refractivity contribution in [3.05, 3.63) is 46.0 Å². The Hall–Kier alpha value is -2.21. The number of hydrogen-bond donors (Lipinski definition) is 0. The number of amides is 1. The van der Waals surface area contributed by atoms with E-state index in [9.17, 15) is 14.9 Å². The van der Waals surface area contributed by atoms with Gasteiger partial charge >= 0.3 is 0 Å². The summed E-state index contributed by atoms with van der Waals surface area (Å²) in [5.41, 5.74) is 0.485. The van der Waals surface area contributed by atoms with Crippen LogP contribution >= 0.6 is 0 Å². The topological polar surface area (TPSA) is 66.7 Å². The number of nitro groups is 1. The van der Waals surface area contributed by atoms with Crippen LogP contribution in [0.1, 0.15) is 31.2 Å². The molecule has 0 unspecified atom stereocenters. The minimum atomic E-state index is -0.422. The number of carbonyl (C=O) groups is 1. The van der Waals surface area contributed by atoms with Crippen molar-refractivity contribution in [1.29, 1.82) is 0 Å². The van der Waals surface area contributed by atoms with Gasteiger partial charge in [-0.05, 0) is 50.9 Å². The minimum absolute atomic E-state index is 0.0233. The number of piperidine rings is 1. The van der Waals surface area contributed by atoms with E-state index in [2.05, 4.69) is 4.90 Å². The molecule has 0 aliphatic carbocycles. The molecule has 2 aliphatic heterocycles. The van der Waals surface area contributed by atoms with Crippen molar-refractivity contribution in [2.45, 2.75) is 31.7 Å². The fourth-order valence-corrected chi connectivity index (χ4v) is 3.62. The van der Waals surface area contributed by atoms with E-state index in [1.165, 1.54) is 25.0 Å². The smallest absolute Gasteiger partial charge is 0.276 e. The number of nitro benzene ring substituents is 1. The maximum atomic E-state index is 12.5. The molecule has 2 saturated heterocycles. The summed E-state index contributed by atoms with van der Waals surface area (Å²) < 4.78 is 0. The van der Waals surface area contributed by atoms with Gasteiger partial charge in [-0.25, -0.2) is 0 Å². The van der Waals surface area contributed by atoms with E-state index in [-0.39, 0.29) is 11.6 Å². The lowest BCUT2D eigenvalue weighted by Gasteiger charge is -2.37. The van der Waals surface area contributed by atoms with Gasteiger partial charge in [-0.1, -0.05) is 12.1 Å². The lowest BCUT2D eigenvalue weighted by atomic mass is 10.0. The van der Waals surface area contributed by atoms with E-state index < -0.39 is 4.92 Å². The number of carbonyl (C=O) groups excluding carboxylic acids is 1. The van der Waals surface area contributed by atoms with Crippen molar-refractivity contribution in [3.63, 3.8) is 0 Å². The number of hydrogen-bond acceptors (Lipinski definition) is 4. The third-order valence-corrected chi connectivity index (χ3v) is 4.90. The van der Waals surface area contributed by atoms with E-state index in [1.807, 2.05) is 4.90 Å². The molecule has 0 radical (unpaired) electrons. The second kappa shape index (κ2) is 7.57. The third kappa shape index (κ3) is 3.82. The number of para-hydroxylation sites is 1. The van der Waals surface area contributed by atoms with Crippen LogP contribution in [-0.4, -0.2) is 52.9 Å². The summed E-state index contributed by atoms with van der Waals surface area (Å²) in [7, 11) is 0. The first kappa shape index (κ1) is 16.6. The Balaban J connectivity index is 1.65. The first-order valence-electron chi connectivity index (χ1n) is 8.59. The van der Waals surface area contributed by atoms with Crippen LogP contribution in [0, 0.1) is 10.1 Å². The minimum Gasteiger partial charge on any atom is -0.338 e. The molecule has 0 bridgehead atoms. The molecule has 3 rings (SSSR count). The second-order valence-electron chi connectivity index (χ2n) is 6.47. The van der Waals surface area contributed by atoms with E-state index in [1.54, 1.807) is 24.3 Å². The fraction of sp³-hybridized carbons (Fsp3) is 0.500. The number of nitrogens with zero attached hydrogens (tertiary/aromatic N) is 3. The average molecular weight is 329 g/mol. The van der Waals surface area contributed by atoms with Crippen LogP contribution in [0.15, 0.2) is 30.3 Å². The number of benzene rings is 1. The molecule has 1 aromatic carbocycles. The second-order valence-corrected chi connectivity index (χ2v) is 6.47. The third-order valence-electron chi connectivity index (χ3n) is 4.90. The molecule has 0 saturated carbocycles. The highest BCUT2D eigenvalue weighted by Crippen LogP contribution is 2.22. The van der Waals surface area contributed by atoms with Gasteiger partial charge in [0, 0.05) is 31.3 Å². The molecule has 1 aromatic rings. The molecular formula is C18H23N3O3. The van der Waals surface area contributed by atoms with E-state index in [0.717, 1.165) is 39.0 Å². The van der Waals surface area contributed by atoms with Crippen molar-refractivity contribution in [1.82, 2.24) is 9.80 Å². The Morgan fingerprint density at radius 2 is 1.92 bits per heavy atom. The highest BCUT2D eigenvalue weighted by atomic mass is 16.6. The standard InChI is InChI=1S/C18H23N3O3/c22-18(10-9-15-6-1-2-8-17(15)21(23)24)20-13-5-7-16(14-20)19-11-3-4-12-19/h1-2,6,8-10,16H,3-5,7,11-14H2/b10-9-/t16-/m1/s1. The van der Waals surface area contributed by atoms with E-state index in [4.69, 9.17) is 0 Å². The zero-order valence-electron chi connectivity index (χ0n) is 13.8. The Morgan fingerprint density at radius 3 is 2.67 bits per heavy atom. The molecule has 0 spiro atoms. The Labute approximate surface area is 141 Å². The molecule has 2 fully saturated rings. The van der Waals surface area contributed by atoms with Crippen LogP contribution in [0.5, 0.6) is 0 Å². The van der Waals surface area contributed by atoms with Crippen LogP contribution < -0.4 is 0 Å². The van der Waals surface area contributed by atoms with Gasteiger partial charge in [-0.15, -0.1) is 0 Å². The number of rotatable bonds is 4. The van der Waals surface area contributed by atoms with Crippen molar-refractivity contribution >= 4 is 17.7 Å². The van der Waals surface area contributed by atoms with Crippen LogP contribution in [-0.2, 0) is 4.79 Å². The summed E-state index contributed by atoms with van der Waals surface area (Å²) in [5.74, 6) is -0.0583. The van der Waals surface area contributed by atoms with E-state index >= 15 is 0 Å². The summed E-state index contributed by atoms with van der Waals surface area (Å²) in [6.07, 6.45) is 7.70. The van der Waals surface area contributed by atoms with Crippen molar-refractivity contribution in [2.24, 2.45) is 0 Å². The normalized spacial score (nSPS) is 22.2. The average Bonchev–Trinajstić information content (AvgIpc) is 3.14. The maximum absolute atomic E-state index is 12.5. The molecular weight excluding hydrogens is 306 g/mol. The lowest BCUT2D eigenvalue weighted by molar-refractivity contribution is -0.385. The summed E-state index contributed by atoms with van der Waals surface area (Å²) in [6.45, 7) is 3.81. The molecule has 1 amide bonds. The Kier molecular flexibility index (Phi) is 5.25. The van der Waals surface area contributed by atoms with Gasteiger partial charge in [0.1, 0.15) is 0 Å². The van der Waals surface area contributed by atoms with Gasteiger partial charge in [-0.2, -0.15) is 0 Å². The number of likely N-dealkylation sites (tertiary alicyclic amines) is 2. The van der Waals surface area contributed by atoms with Gasteiger partial charge in [0.05, 0.1) is 10.5 Å². The predicted molar refractivity (Wildman–Crippen MR) is 92.5 cm³/mol.